The summed E-state index contributed by atoms with van der Waals surface area (Å²) in [5.74, 6) is 0.905. The summed E-state index contributed by atoms with van der Waals surface area (Å²) in [6.07, 6.45) is -0.183. The van der Waals surface area contributed by atoms with Crippen molar-refractivity contribution >= 4 is 22.4 Å². The van der Waals surface area contributed by atoms with Crippen molar-refractivity contribution in [2.45, 2.75) is 25.6 Å². The summed E-state index contributed by atoms with van der Waals surface area (Å²) in [6, 6.07) is 9.75. The summed E-state index contributed by atoms with van der Waals surface area (Å²) in [4.78, 5) is 6.87. The second-order valence-electron chi connectivity index (χ2n) is 6.18. The minimum atomic E-state index is -0.302. The Morgan fingerprint density at radius 1 is 1.38 bits per heavy atom. The number of rotatable bonds is 2. The van der Waals surface area contributed by atoms with Crippen LogP contribution in [0.1, 0.15) is 13.8 Å². The van der Waals surface area contributed by atoms with Gasteiger partial charge in [-0.05, 0) is 44.2 Å². The molecular formula is C16H21N3O2. The topological polar surface area (TPSA) is 71.6 Å². The Kier molecular flexibility index (Phi) is 3.47. The Bertz CT molecular complexity index is 657. The SMILES string of the molecule is CC1(C)CN(c2ccc3cc(N)ccc3n2)CC(CO)O1. The highest BCUT2D eigenvalue weighted by molar-refractivity contribution is 5.83. The van der Waals surface area contributed by atoms with Gasteiger partial charge in [-0.3, -0.25) is 0 Å². The lowest BCUT2D eigenvalue weighted by Gasteiger charge is -2.42. The standard InChI is InChI=1S/C16H21N3O2/c1-16(2)10-19(8-13(9-20)21-16)15-6-3-11-7-12(17)4-5-14(11)18-15/h3-7,13,20H,8-10,17H2,1-2H3. The van der Waals surface area contributed by atoms with Gasteiger partial charge in [0.2, 0.25) is 0 Å². The second-order valence-corrected chi connectivity index (χ2v) is 6.18. The predicted octanol–water partition coefficient (Wildman–Crippen LogP) is 1.79. The molecule has 1 aromatic heterocycles. The zero-order chi connectivity index (χ0) is 15.0. The van der Waals surface area contributed by atoms with Crippen LogP contribution in [0, 0.1) is 0 Å². The lowest BCUT2D eigenvalue weighted by atomic mass is 10.1. The molecule has 1 unspecified atom stereocenters. The maximum Gasteiger partial charge on any atom is 0.129 e. The van der Waals surface area contributed by atoms with E-state index in [-0.39, 0.29) is 18.3 Å². The Balaban J connectivity index is 1.93. The van der Waals surface area contributed by atoms with Crippen LogP contribution in [0.15, 0.2) is 30.3 Å². The molecule has 1 aliphatic rings. The van der Waals surface area contributed by atoms with Crippen LogP contribution in [-0.4, -0.2) is 41.5 Å². The number of nitrogens with two attached hydrogens (primary N) is 1. The molecule has 0 amide bonds. The number of nitrogens with zero attached hydrogens (tertiary/aromatic N) is 2. The van der Waals surface area contributed by atoms with Crippen LogP contribution in [0.2, 0.25) is 0 Å². The van der Waals surface area contributed by atoms with Crippen molar-refractivity contribution in [3.05, 3.63) is 30.3 Å². The molecule has 1 aliphatic heterocycles. The Labute approximate surface area is 124 Å². The van der Waals surface area contributed by atoms with Gasteiger partial charge < -0.3 is 20.5 Å². The van der Waals surface area contributed by atoms with E-state index in [0.717, 1.165) is 29.0 Å². The van der Waals surface area contributed by atoms with E-state index < -0.39 is 0 Å². The van der Waals surface area contributed by atoms with Crippen molar-refractivity contribution in [1.82, 2.24) is 4.98 Å². The van der Waals surface area contributed by atoms with Gasteiger partial charge in [-0.1, -0.05) is 0 Å². The van der Waals surface area contributed by atoms with E-state index in [1.165, 1.54) is 0 Å². The van der Waals surface area contributed by atoms with Gasteiger partial charge in [0.1, 0.15) is 5.82 Å². The number of aliphatic hydroxyl groups excluding tert-OH is 1. The second kappa shape index (κ2) is 5.16. The van der Waals surface area contributed by atoms with Gasteiger partial charge in [-0.2, -0.15) is 0 Å². The molecule has 2 aromatic rings. The average molecular weight is 287 g/mol. The first-order chi connectivity index (χ1) is 9.97. The molecule has 0 bridgehead atoms. The third-order valence-electron chi connectivity index (χ3n) is 3.71. The van der Waals surface area contributed by atoms with Gasteiger partial charge in [0.25, 0.3) is 0 Å². The van der Waals surface area contributed by atoms with Crippen molar-refractivity contribution in [3.8, 4) is 0 Å². The average Bonchev–Trinajstić information content (AvgIpc) is 2.45. The molecule has 1 atom stereocenters. The number of morpholine rings is 1. The number of hydrogen-bond acceptors (Lipinski definition) is 5. The number of aromatic nitrogens is 1. The summed E-state index contributed by atoms with van der Waals surface area (Å²) in [5, 5.41) is 10.4. The Hall–Kier alpha value is -1.85. The third kappa shape index (κ3) is 2.94. The van der Waals surface area contributed by atoms with Crippen LogP contribution < -0.4 is 10.6 Å². The molecule has 5 nitrogen and oxygen atoms in total. The summed E-state index contributed by atoms with van der Waals surface area (Å²) in [6.45, 7) is 5.47. The maximum absolute atomic E-state index is 9.40. The minimum absolute atomic E-state index is 0.0179. The van der Waals surface area contributed by atoms with E-state index in [9.17, 15) is 5.11 Å². The van der Waals surface area contributed by atoms with Crippen LogP contribution in [0.25, 0.3) is 10.9 Å². The van der Waals surface area contributed by atoms with Gasteiger partial charge in [-0.15, -0.1) is 0 Å². The molecular weight excluding hydrogens is 266 g/mol. The molecule has 3 N–H and O–H groups in total. The lowest BCUT2D eigenvalue weighted by molar-refractivity contribution is -0.101. The number of pyridine rings is 1. The quantitative estimate of drug-likeness (QED) is 0.824. The van der Waals surface area contributed by atoms with Crippen LogP contribution in [0.5, 0.6) is 0 Å². The molecule has 0 aliphatic carbocycles. The molecule has 0 spiro atoms. The maximum atomic E-state index is 9.40. The Morgan fingerprint density at radius 2 is 2.19 bits per heavy atom. The fraction of sp³-hybridized carbons (Fsp3) is 0.438. The van der Waals surface area contributed by atoms with Crippen molar-refractivity contribution in [2.75, 3.05) is 30.3 Å². The summed E-state index contributed by atoms with van der Waals surface area (Å²) < 4.78 is 5.84. The number of aliphatic hydroxyl groups is 1. The van der Waals surface area contributed by atoms with E-state index >= 15 is 0 Å². The van der Waals surface area contributed by atoms with Crippen molar-refractivity contribution in [2.24, 2.45) is 0 Å². The van der Waals surface area contributed by atoms with E-state index in [1.807, 2.05) is 44.2 Å². The Morgan fingerprint density at radius 3 is 2.95 bits per heavy atom. The first-order valence-corrected chi connectivity index (χ1v) is 7.17. The van der Waals surface area contributed by atoms with Crippen molar-refractivity contribution in [1.29, 1.82) is 0 Å². The van der Waals surface area contributed by atoms with E-state index in [4.69, 9.17) is 15.5 Å². The molecule has 5 heteroatoms. The molecule has 21 heavy (non-hydrogen) atoms. The number of hydrogen-bond donors (Lipinski definition) is 2. The molecule has 2 heterocycles. The molecule has 0 radical (unpaired) electrons. The molecule has 112 valence electrons. The fourth-order valence-corrected chi connectivity index (χ4v) is 2.87. The summed E-state index contributed by atoms with van der Waals surface area (Å²) >= 11 is 0. The summed E-state index contributed by atoms with van der Waals surface area (Å²) in [7, 11) is 0. The highest BCUT2D eigenvalue weighted by Crippen LogP contribution is 2.26. The zero-order valence-electron chi connectivity index (χ0n) is 12.4. The number of benzene rings is 1. The molecule has 1 fully saturated rings. The van der Waals surface area contributed by atoms with Crippen LogP contribution >= 0.6 is 0 Å². The van der Waals surface area contributed by atoms with Crippen LogP contribution in [-0.2, 0) is 4.74 Å². The highest BCUT2D eigenvalue weighted by Gasteiger charge is 2.33. The molecule has 3 rings (SSSR count). The van der Waals surface area contributed by atoms with Crippen LogP contribution in [0.3, 0.4) is 0 Å². The number of ether oxygens (including phenoxy) is 1. The largest absolute Gasteiger partial charge is 0.399 e. The molecule has 1 aromatic carbocycles. The minimum Gasteiger partial charge on any atom is -0.399 e. The van der Waals surface area contributed by atoms with Crippen LogP contribution in [0.4, 0.5) is 11.5 Å². The van der Waals surface area contributed by atoms with E-state index in [1.54, 1.807) is 0 Å². The zero-order valence-corrected chi connectivity index (χ0v) is 12.4. The van der Waals surface area contributed by atoms with E-state index in [0.29, 0.717) is 6.54 Å². The first kappa shape index (κ1) is 14.1. The summed E-state index contributed by atoms with van der Waals surface area (Å²) in [5.41, 5.74) is 7.16. The monoisotopic (exact) mass is 287 g/mol. The normalized spacial score (nSPS) is 21.7. The van der Waals surface area contributed by atoms with Gasteiger partial charge in [0, 0.05) is 24.2 Å². The highest BCUT2D eigenvalue weighted by atomic mass is 16.5. The number of nitrogen functional groups attached to an aromatic ring is 1. The smallest absolute Gasteiger partial charge is 0.129 e. The molecule has 0 saturated carbocycles. The fourth-order valence-electron chi connectivity index (χ4n) is 2.87. The van der Waals surface area contributed by atoms with Gasteiger partial charge >= 0.3 is 0 Å². The number of anilines is 2. The number of fused-ring (bicyclic) bond motifs is 1. The van der Waals surface area contributed by atoms with Gasteiger partial charge in [0.15, 0.2) is 0 Å². The molecule has 1 saturated heterocycles. The van der Waals surface area contributed by atoms with Crippen molar-refractivity contribution < 1.29 is 9.84 Å². The van der Waals surface area contributed by atoms with Crippen molar-refractivity contribution in [3.63, 3.8) is 0 Å². The predicted molar refractivity (Wildman–Crippen MR) is 84.4 cm³/mol. The first-order valence-electron chi connectivity index (χ1n) is 7.17. The van der Waals surface area contributed by atoms with Gasteiger partial charge in [-0.25, -0.2) is 4.98 Å². The van der Waals surface area contributed by atoms with E-state index in [2.05, 4.69) is 4.90 Å². The third-order valence-corrected chi connectivity index (χ3v) is 3.71. The van der Waals surface area contributed by atoms with Gasteiger partial charge in [0.05, 0.1) is 23.8 Å². The lowest BCUT2D eigenvalue weighted by Crippen LogP contribution is -2.54.